The van der Waals surface area contributed by atoms with Crippen LogP contribution in [0.25, 0.3) is 0 Å². The molecule has 6 heteroatoms. The van der Waals surface area contributed by atoms with E-state index in [1.165, 1.54) is 24.5 Å². The van der Waals surface area contributed by atoms with Crippen molar-refractivity contribution in [3.05, 3.63) is 58.7 Å². The van der Waals surface area contributed by atoms with E-state index in [-0.39, 0.29) is 24.2 Å². The van der Waals surface area contributed by atoms with Gasteiger partial charge in [0.15, 0.2) is 0 Å². The fraction of sp³-hybridized carbons (Fsp3) is 0.333. The Morgan fingerprint density at radius 3 is 2.75 bits per heavy atom. The molecule has 0 fully saturated rings. The molecule has 0 spiro atoms. The highest BCUT2D eigenvalue weighted by molar-refractivity contribution is 5.85. The molecule has 0 radical (unpaired) electrons. The van der Waals surface area contributed by atoms with Gasteiger partial charge in [-0.15, -0.1) is 0 Å². The molecule has 2 N–H and O–H groups in total. The minimum atomic E-state index is -0.284. The summed E-state index contributed by atoms with van der Waals surface area (Å²) in [6.07, 6.45) is 3.05. The van der Waals surface area contributed by atoms with E-state index in [1.807, 2.05) is 25.1 Å². The molecule has 0 saturated carbocycles. The van der Waals surface area contributed by atoms with E-state index >= 15 is 0 Å². The number of aromatic nitrogens is 1. The molecule has 0 aliphatic heterocycles. The summed E-state index contributed by atoms with van der Waals surface area (Å²) >= 11 is 0. The van der Waals surface area contributed by atoms with Crippen LogP contribution in [0.3, 0.4) is 0 Å². The molecule has 0 aliphatic rings. The summed E-state index contributed by atoms with van der Waals surface area (Å²) in [6.45, 7) is 1.84. The van der Waals surface area contributed by atoms with Crippen molar-refractivity contribution in [2.24, 2.45) is 4.99 Å². The molecule has 0 amide bonds. The van der Waals surface area contributed by atoms with Gasteiger partial charge in [0, 0.05) is 23.5 Å². The predicted octanol–water partition coefficient (Wildman–Crippen LogP) is 2.45. The molecule has 2 rings (SSSR count). The fourth-order valence-corrected chi connectivity index (χ4v) is 2.45. The molecule has 0 aliphatic carbocycles. The summed E-state index contributed by atoms with van der Waals surface area (Å²) < 4.78 is 13.4. The van der Waals surface area contributed by atoms with Gasteiger partial charge in [0.1, 0.15) is 11.6 Å². The van der Waals surface area contributed by atoms with Crippen molar-refractivity contribution in [3.63, 3.8) is 0 Å². The third kappa shape index (κ3) is 4.15. The number of aliphatic hydroxyl groups is 1. The summed E-state index contributed by atoms with van der Waals surface area (Å²) in [4.78, 5) is 10.4. The first-order chi connectivity index (χ1) is 11.4. The SMILES string of the molecule is Cc1ncc(CO)c(C=NC[C@H](c2cccc(F)c2)N(C)C)c1O. The molecular weight excluding hydrogens is 309 g/mol. The summed E-state index contributed by atoms with van der Waals surface area (Å²) in [5, 5.41) is 19.5. The molecule has 1 aromatic carbocycles. The lowest BCUT2D eigenvalue weighted by Gasteiger charge is -2.23. The van der Waals surface area contributed by atoms with E-state index in [4.69, 9.17) is 0 Å². The number of aromatic hydroxyl groups is 1. The molecule has 24 heavy (non-hydrogen) atoms. The zero-order valence-electron chi connectivity index (χ0n) is 14.1. The average Bonchev–Trinajstić information content (AvgIpc) is 2.55. The van der Waals surface area contributed by atoms with Gasteiger partial charge in [-0.3, -0.25) is 9.98 Å². The van der Waals surface area contributed by atoms with Crippen molar-refractivity contribution in [2.75, 3.05) is 20.6 Å². The molecule has 128 valence electrons. The van der Waals surface area contributed by atoms with Crippen LogP contribution in [-0.2, 0) is 6.61 Å². The Morgan fingerprint density at radius 2 is 2.12 bits per heavy atom. The van der Waals surface area contributed by atoms with E-state index in [2.05, 4.69) is 9.98 Å². The first kappa shape index (κ1) is 18.0. The minimum absolute atomic E-state index is 0.0115. The molecule has 2 aromatic rings. The van der Waals surface area contributed by atoms with Crippen LogP contribution in [0.1, 0.15) is 28.4 Å². The maximum Gasteiger partial charge on any atom is 0.145 e. The summed E-state index contributed by atoms with van der Waals surface area (Å²) in [6, 6.07) is 6.33. The van der Waals surface area contributed by atoms with Gasteiger partial charge in [0.2, 0.25) is 0 Å². The lowest BCUT2D eigenvalue weighted by atomic mass is 10.1. The average molecular weight is 331 g/mol. The Labute approximate surface area is 141 Å². The van der Waals surface area contributed by atoms with E-state index < -0.39 is 0 Å². The Hall–Kier alpha value is -2.31. The topological polar surface area (TPSA) is 69.0 Å². The Morgan fingerprint density at radius 1 is 1.38 bits per heavy atom. The van der Waals surface area contributed by atoms with Crippen LogP contribution in [0.5, 0.6) is 5.75 Å². The number of likely N-dealkylation sites (N-methyl/N-ethyl adjacent to an activating group) is 1. The van der Waals surface area contributed by atoms with Gasteiger partial charge in [0.25, 0.3) is 0 Å². The van der Waals surface area contributed by atoms with Gasteiger partial charge in [-0.1, -0.05) is 12.1 Å². The van der Waals surface area contributed by atoms with Gasteiger partial charge in [-0.05, 0) is 38.7 Å². The molecule has 0 saturated heterocycles. The fourth-order valence-electron chi connectivity index (χ4n) is 2.45. The van der Waals surface area contributed by atoms with Crippen LogP contribution in [0.4, 0.5) is 4.39 Å². The van der Waals surface area contributed by atoms with Crippen LogP contribution in [0, 0.1) is 12.7 Å². The lowest BCUT2D eigenvalue weighted by molar-refractivity contribution is 0.280. The number of aliphatic hydroxyl groups excluding tert-OH is 1. The first-order valence-corrected chi connectivity index (χ1v) is 7.64. The highest BCUT2D eigenvalue weighted by Gasteiger charge is 2.14. The van der Waals surface area contributed by atoms with Gasteiger partial charge in [-0.25, -0.2) is 4.39 Å². The number of aryl methyl sites for hydroxylation is 1. The van der Waals surface area contributed by atoms with Crippen molar-refractivity contribution in [1.82, 2.24) is 9.88 Å². The smallest absolute Gasteiger partial charge is 0.145 e. The Kier molecular flexibility index (Phi) is 6.00. The Balaban J connectivity index is 2.24. The van der Waals surface area contributed by atoms with Crippen LogP contribution in [0.15, 0.2) is 35.5 Å². The highest BCUT2D eigenvalue weighted by atomic mass is 19.1. The van der Waals surface area contributed by atoms with E-state index in [9.17, 15) is 14.6 Å². The van der Waals surface area contributed by atoms with Gasteiger partial charge in [0.05, 0.1) is 24.9 Å². The Bertz CT molecular complexity index is 732. The molecule has 5 nitrogen and oxygen atoms in total. The van der Waals surface area contributed by atoms with Crippen LogP contribution in [0.2, 0.25) is 0 Å². The normalized spacial score (nSPS) is 12.9. The van der Waals surface area contributed by atoms with Crippen molar-refractivity contribution >= 4 is 6.21 Å². The van der Waals surface area contributed by atoms with Crippen molar-refractivity contribution < 1.29 is 14.6 Å². The summed E-state index contributed by atoms with van der Waals surface area (Å²) in [5.41, 5.74) is 2.27. The number of hydrogen-bond donors (Lipinski definition) is 2. The van der Waals surface area contributed by atoms with E-state index in [1.54, 1.807) is 13.0 Å². The molecule has 1 heterocycles. The second kappa shape index (κ2) is 7.99. The molecular formula is C18H22FN3O2. The summed E-state index contributed by atoms with van der Waals surface area (Å²) in [5.74, 6) is -0.272. The zero-order valence-corrected chi connectivity index (χ0v) is 14.1. The van der Waals surface area contributed by atoms with Crippen LogP contribution in [-0.4, -0.2) is 47.0 Å². The summed E-state index contributed by atoms with van der Waals surface area (Å²) in [7, 11) is 3.80. The van der Waals surface area contributed by atoms with Gasteiger partial charge in [-0.2, -0.15) is 0 Å². The third-order valence-electron chi connectivity index (χ3n) is 3.88. The van der Waals surface area contributed by atoms with Crippen molar-refractivity contribution in [3.8, 4) is 5.75 Å². The maximum atomic E-state index is 13.4. The number of hydrogen-bond acceptors (Lipinski definition) is 5. The largest absolute Gasteiger partial charge is 0.505 e. The number of halogens is 1. The quantitative estimate of drug-likeness (QED) is 0.798. The molecule has 0 bridgehead atoms. The number of rotatable bonds is 6. The zero-order chi connectivity index (χ0) is 17.7. The molecule has 1 atom stereocenters. The third-order valence-corrected chi connectivity index (χ3v) is 3.88. The van der Waals surface area contributed by atoms with Gasteiger partial charge < -0.3 is 15.1 Å². The maximum absolute atomic E-state index is 13.4. The van der Waals surface area contributed by atoms with E-state index in [0.717, 1.165) is 5.56 Å². The monoisotopic (exact) mass is 331 g/mol. The second-order valence-corrected chi connectivity index (χ2v) is 5.82. The minimum Gasteiger partial charge on any atom is -0.505 e. The van der Waals surface area contributed by atoms with Crippen molar-refractivity contribution in [2.45, 2.75) is 19.6 Å². The van der Waals surface area contributed by atoms with Gasteiger partial charge >= 0.3 is 0 Å². The second-order valence-electron chi connectivity index (χ2n) is 5.82. The molecule has 1 aromatic heterocycles. The van der Waals surface area contributed by atoms with Crippen LogP contribution >= 0.6 is 0 Å². The highest BCUT2D eigenvalue weighted by Crippen LogP contribution is 2.23. The lowest BCUT2D eigenvalue weighted by Crippen LogP contribution is -2.22. The van der Waals surface area contributed by atoms with E-state index in [0.29, 0.717) is 23.4 Å². The van der Waals surface area contributed by atoms with Crippen molar-refractivity contribution in [1.29, 1.82) is 0 Å². The molecule has 0 unspecified atom stereocenters. The number of pyridine rings is 1. The number of aliphatic imine (C=N–C) groups is 1. The predicted molar refractivity (Wildman–Crippen MR) is 91.9 cm³/mol. The number of benzene rings is 1. The first-order valence-electron chi connectivity index (χ1n) is 7.64. The standard InChI is InChI=1S/C18H22FN3O2/c1-12-18(24)16(14(11-23)8-21-12)9-20-10-17(22(2)3)13-5-4-6-15(19)7-13/h4-9,17,23-24H,10-11H2,1-3H3/t17-/m1/s1. The number of nitrogens with zero attached hydrogens (tertiary/aromatic N) is 3. The van der Waals surface area contributed by atoms with Crippen LogP contribution < -0.4 is 0 Å².